The molecule has 2 heterocycles. The number of rotatable bonds is 2. The van der Waals surface area contributed by atoms with Gasteiger partial charge in [-0.2, -0.15) is 4.40 Å². The quantitative estimate of drug-likeness (QED) is 0.497. The van der Waals surface area contributed by atoms with Gasteiger partial charge < -0.3 is 0 Å². The Labute approximate surface area is 133 Å². The van der Waals surface area contributed by atoms with E-state index >= 15 is 0 Å². The maximum absolute atomic E-state index is 4.80. The lowest BCUT2D eigenvalue weighted by atomic mass is 10.1. The van der Waals surface area contributed by atoms with E-state index in [2.05, 4.69) is 78.3 Å². The second-order valence-electron chi connectivity index (χ2n) is 5.33. The summed E-state index contributed by atoms with van der Waals surface area (Å²) < 4.78 is 2.09. The van der Waals surface area contributed by atoms with Crippen molar-refractivity contribution in [2.24, 2.45) is 0 Å². The van der Waals surface area contributed by atoms with Crippen LogP contribution in [0.5, 0.6) is 0 Å². The number of fused-ring (bicyclic) bond motifs is 1. The standard InChI is InChI=1S/C19H15N2S/c1-14-7-9-15(10-8-14)17-11-12-21-13-18(22-19(21)20-17)16-5-3-2-4-6-16/h2-13H,1H3/q+1. The SMILES string of the molecule is Cc1ccc(-c2cc[n+]3cc(-c4ccccc4)sc3n2)cc1. The molecular weight excluding hydrogens is 288 g/mol. The van der Waals surface area contributed by atoms with E-state index in [0.717, 1.165) is 16.2 Å². The van der Waals surface area contributed by atoms with Gasteiger partial charge in [-0.15, -0.1) is 0 Å². The number of aryl methyl sites for hydroxylation is 1. The van der Waals surface area contributed by atoms with Gasteiger partial charge in [0.2, 0.25) is 0 Å². The maximum Gasteiger partial charge on any atom is 0.388 e. The van der Waals surface area contributed by atoms with Crippen LogP contribution in [0.1, 0.15) is 5.56 Å². The number of thiazole rings is 1. The van der Waals surface area contributed by atoms with E-state index in [1.807, 2.05) is 6.07 Å². The summed E-state index contributed by atoms with van der Waals surface area (Å²) in [6.45, 7) is 2.10. The van der Waals surface area contributed by atoms with E-state index in [9.17, 15) is 0 Å². The lowest BCUT2D eigenvalue weighted by molar-refractivity contribution is -0.509. The van der Waals surface area contributed by atoms with Crippen molar-refractivity contribution >= 4 is 16.3 Å². The summed E-state index contributed by atoms with van der Waals surface area (Å²) in [6.07, 6.45) is 4.22. The Morgan fingerprint density at radius 2 is 1.64 bits per heavy atom. The first-order valence-corrected chi connectivity index (χ1v) is 8.05. The molecule has 0 aliphatic heterocycles. The molecule has 22 heavy (non-hydrogen) atoms. The third-order valence-electron chi connectivity index (χ3n) is 3.69. The highest BCUT2D eigenvalue weighted by Crippen LogP contribution is 2.26. The average molecular weight is 303 g/mol. The molecule has 0 aliphatic carbocycles. The molecular formula is C19H15N2S+. The topological polar surface area (TPSA) is 17.0 Å². The van der Waals surface area contributed by atoms with Gasteiger partial charge in [0.15, 0.2) is 5.69 Å². The van der Waals surface area contributed by atoms with Gasteiger partial charge in [0, 0.05) is 11.6 Å². The van der Waals surface area contributed by atoms with Crippen LogP contribution in [-0.2, 0) is 0 Å². The van der Waals surface area contributed by atoms with E-state index in [0.29, 0.717) is 0 Å². The fourth-order valence-electron chi connectivity index (χ4n) is 2.46. The Kier molecular flexibility index (Phi) is 3.20. The summed E-state index contributed by atoms with van der Waals surface area (Å²) in [5, 5.41) is 0. The maximum atomic E-state index is 4.80. The zero-order valence-corrected chi connectivity index (χ0v) is 13.0. The van der Waals surface area contributed by atoms with E-state index in [1.165, 1.54) is 16.0 Å². The lowest BCUT2D eigenvalue weighted by Gasteiger charge is -1.96. The Morgan fingerprint density at radius 3 is 2.41 bits per heavy atom. The van der Waals surface area contributed by atoms with Gasteiger partial charge in [0.05, 0.1) is 4.88 Å². The zero-order valence-electron chi connectivity index (χ0n) is 12.2. The fraction of sp³-hybridized carbons (Fsp3) is 0.0526. The van der Waals surface area contributed by atoms with Crippen LogP contribution < -0.4 is 4.40 Å². The van der Waals surface area contributed by atoms with Crippen molar-refractivity contribution in [3.8, 4) is 21.7 Å². The van der Waals surface area contributed by atoms with E-state index < -0.39 is 0 Å². The third-order valence-corrected chi connectivity index (χ3v) is 4.74. The van der Waals surface area contributed by atoms with Crippen LogP contribution in [0, 0.1) is 6.92 Å². The Bertz CT molecular complexity index is 925. The van der Waals surface area contributed by atoms with Crippen LogP contribution in [0.2, 0.25) is 0 Å². The Hall–Kier alpha value is -2.52. The molecule has 0 amide bonds. The molecule has 0 N–H and O–H groups in total. The predicted molar refractivity (Wildman–Crippen MR) is 90.9 cm³/mol. The van der Waals surface area contributed by atoms with Crippen molar-refractivity contribution in [3.63, 3.8) is 0 Å². The second kappa shape index (κ2) is 5.35. The minimum absolute atomic E-state index is 1.01. The molecule has 0 atom stereocenters. The summed E-state index contributed by atoms with van der Waals surface area (Å²) in [4.78, 5) is 7.04. The third kappa shape index (κ3) is 2.40. The van der Waals surface area contributed by atoms with Crippen molar-refractivity contribution in [2.45, 2.75) is 6.92 Å². The van der Waals surface area contributed by atoms with Gasteiger partial charge in [0.25, 0.3) is 0 Å². The minimum atomic E-state index is 1.01. The number of hydrogen-bond acceptors (Lipinski definition) is 2. The molecule has 0 fully saturated rings. The van der Waals surface area contributed by atoms with E-state index in [4.69, 9.17) is 4.98 Å². The number of nitrogens with zero attached hydrogens (tertiary/aromatic N) is 2. The van der Waals surface area contributed by atoms with Gasteiger partial charge in [-0.05, 0) is 28.8 Å². The highest BCUT2D eigenvalue weighted by molar-refractivity contribution is 7.19. The second-order valence-corrected chi connectivity index (χ2v) is 6.34. The van der Waals surface area contributed by atoms with Crippen LogP contribution in [0.3, 0.4) is 0 Å². The molecule has 0 unspecified atom stereocenters. The molecule has 106 valence electrons. The minimum Gasteiger partial charge on any atom is -0.192 e. The molecule has 0 saturated carbocycles. The van der Waals surface area contributed by atoms with Crippen LogP contribution in [0.25, 0.3) is 26.7 Å². The van der Waals surface area contributed by atoms with Gasteiger partial charge in [0.1, 0.15) is 12.4 Å². The molecule has 0 aliphatic rings. The normalized spacial score (nSPS) is 11.0. The number of benzene rings is 2. The Balaban J connectivity index is 1.80. The first-order chi connectivity index (χ1) is 10.8. The summed E-state index contributed by atoms with van der Waals surface area (Å²) in [6, 6.07) is 21.0. The highest BCUT2D eigenvalue weighted by atomic mass is 32.1. The first-order valence-electron chi connectivity index (χ1n) is 7.24. The molecule has 2 nitrogen and oxygen atoms in total. The van der Waals surface area contributed by atoms with Crippen molar-refractivity contribution in [3.05, 3.63) is 78.6 Å². The van der Waals surface area contributed by atoms with Crippen LogP contribution in [0.4, 0.5) is 0 Å². The molecule has 0 saturated heterocycles. The highest BCUT2D eigenvalue weighted by Gasteiger charge is 2.14. The van der Waals surface area contributed by atoms with Gasteiger partial charge in [-0.1, -0.05) is 60.2 Å². The molecule has 0 bridgehead atoms. The number of aromatic nitrogens is 2. The van der Waals surface area contributed by atoms with E-state index in [-0.39, 0.29) is 0 Å². The molecule has 2 aromatic heterocycles. The summed E-state index contributed by atoms with van der Waals surface area (Å²) in [5.74, 6) is 0. The van der Waals surface area contributed by atoms with Crippen LogP contribution in [-0.4, -0.2) is 4.98 Å². The largest absolute Gasteiger partial charge is 0.388 e. The van der Waals surface area contributed by atoms with Crippen molar-refractivity contribution in [1.82, 2.24) is 4.98 Å². The van der Waals surface area contributed by atoms with Gasteiger partial charge >= 0.3 is 4.96 Å². The van der Waals surface area contributed by atoms with Crippen molar-refractivity contribution < 1.29 is 4.40 Å². The molecule has 4 rings (SSSR count). The molecule has 0 radical (unpaired) electrons. The van der Waals surface area contributed by atoms with Crippen LogP contribution >= 0.6 is 11.3 Å². The predicted octanol–water partition coefficient (Wildman–Crippen LogP) is 4.52. The van der Waals surface area contributed by atoms with Crippen molar-refractivity contribution in [1.29, 1.82) is 0 Å². The molecule has 3 heteroatoms. The monoisotopic (exact) mass is 303 g/mol. The summed E-state index contributed by atoms with van der Waals surface area (Å²) in [7, 11) is 0. The van der Waals surface area contributed by atoms with Gasteiger partial charge in [-0.3, -0.25) is 0 Å². The summed E-state index contributed by atoms with van der Waals surface area (Å²) >= 11 is 1.71. The smallest absolute Gasteiger partial charge is 0.192 e. The van der Waals surface area contributed by atoms with E-state index in [1.54, 1.807) is 11.3 Å². The lowest BCUT2D eigenvalue weighted by Crippen LogP contribution is -2.17. The molecule has 4 aromatic rings. The number of hydrogen-bond donors (Lipinski definition) is 0. The first kappa shape index (κ1) is 13.2. The zero-order chi connectivity index (χ0) is 14.9. The van der Waals surface area contributed by atoms with Gasteiger partial charge in [-0.25, -0.2) is 0 Å². The average Bonchev–Trinajstić information content (AvgIpc) is 2.99. The molecule has 0 spiro atoms. The summed E-state index contributed by atoms with van der Waals surface area (Å²) in [5.41, 5.74) is 4.67. The van der Waals surface area contributed by atoms with Crippen molar-refractivity contribution in [2.75, 3.05) is 0 Å². The fourth-order valence-corrected chi connectivity index (χ4v) is 3.44. The Morgan fingerprint density at radius 1 is 0.864 bits per heavy atom. The molecule has 2 aromatic carbocycles. The van der Waals surface area contributed by atoms with Crippen LogP contribution in [0.15, 0.2) is 73.1 Å².